The topological polar surface area (TPSA) is 67.8 Å². The third kappa shape index (κ3) is 2.18. The van der Waals surface area contributed by atoms with Gasteiger partial charge in [0.05, 0.1) is 5.56 Å². The first-order chi connectivity index (χ1) is 9.69. The summed E-state index contributed by atoms with van der Waals surface area (Å²) in [6.45, 7) is 2.05. The lowest BCUT2D eigenvalue weighted by molar-refractivity contribution is 0.527. The van der Waals surface area contributed by atoms with Gasteiger partial charge in [-0.25, -0.2) is 0 Å². The van der Waals surface area contributed by atoms with Crippen molar-refractivity contribution in [3.63, 3.8) is 0 Å². The molecular weight excluding hydrogens is 274 g/mol. The van der Waals surface area contributed by atoms with Crippen LogP contribution < -0.4 is 5.73 Å². The van der Waals surface area contributed by atoms with Crippen LogP contribution in [0.5, 0.6) is 0 Å². The molecule has 0 amide bonds. The molecule has 0 aliphatic carbocycles. The van der Waals surface area contributed by atoms with Crippen LogP contribution in [-0.2, 0) is 6.42 Å². The zero-order chi connectivity index (χ0) is 14.1. The molecule has 0 bridgehead atoms. The van der Waals surface area contributed by atoms with E-state index in [4.69, 9.17) is 21.8 Å². The molecule has 102 valence electrons. The van der Waals surface area contributed by atoms with Crippen LogP contribution in [0.1, 0.15) is 12.7 Å². The fourth-order valence-corrected chi connectivity index (χ4v) is 2.27. The van der Waals surface area contributed by atoms with Crippen LogP contribution in [0, 0.1) is 0 Å². The summed E-state index contributed by atoms with van der Waals surface area (Å²) in [5.41, 5.74) is 8.53. The molecule has 0 fully saturated rings. The largest absolute Gasteiger partial charge is 0.459 e. The average molecular weight is 288 g/mol. The zero-order valence-electron chi connectivity index (χ0n) is 11.0. The molecule has 2 heterocycles. The van der Waals surface area contributed by atoms with Crippen molar-refractivity contribution in [3.05, 3.63) is 47.2 Å². The van der Waals surface area contributed by atoms with Gasteiger partial charge in [0.1, 0.15) is 11.5 Å². The minimum Gasteiger partial charge on any atom is -0.459 e. The van der Waals surface area contributed by atoms with Crippen LogP contribution in [-0.4, -0.2) is 10.2 Å². The molecule has 3 aromatic rings. The fourth-order valence-electron chi connectivity index (χ4n) is 2.15. The minimum absolute atomic E-state index is 0.441. The van der Waals surface area contributed by atoms with E-state index >= 15 is 0 Å². The molecule has 0 saturated carbocycles. The number of aromatic amines is 1. The van der Waals surface area contributed by atoms with Gasteiger partial charge in [0.2, 0.25) is 0 Å². The van der Waals surface area contributed by atoms with Gasteiger partial charge in [0, 0.05) is 11.4 Å². The molecule has 0 unspecified atom stereocenters. The normalized spacial score (nSPS) is 10.9. The Balaban J connectivity index is 2.11. The van der Waals surface area contributed by atoms with Crippen LogP contribution in [0.15, 0.2) is 40.8 Å². The number of H-pyrrole nitrogens is 1. The minimum atomic E-state index is 0.441. The Morgan fingerprint density at radius 3 is 2.60 bits per heavy atom. The van der Waals surface area contributed by atoms with Crippen LogP contribution >= 0.6 is 11.6 Å². The second kappa shape index (κ2) is 5.06. The summed E-state index contributed by atoms with van der Waals surface area (Å²) >= 11 is 5.92. The van der Waals surface area contributed by atoms with E-state index in [1.54, 1.807) is 0 Å². The van der Waals surface area contributed by atoms with Gasteiger partial charge < -0.3 is 10.2 Å². The number of nitrogens with zero attached hydrogens (tertiary/aromatic N) is 1. The molecule has 0 radical (unpaired) electrons. The van der Waals surface area contributed by atoms with Gasteiger partial charge in [0.25, 0.3) is 0 Å². The lowest BCUT2D eigenvalue weighted by Crippen LogP contribution is -1.88. The number of rotatable bonds is 3. The van der Waals surface area contributed by atoms with Gasteiger partial charge in [0.15, 0.2) is 11.6 Å². The van der Waals surface area contributed by atoms with Crippen molar-refractivity contribution in [2.45, 2.75) is 13.3 Å². The standard InChI is InChI=1S/C15H14ClN3O/c1-2-11-7-8-12(20-11)14-13(15(17)19-18-14)9-3-5-10(16)6-4-9/h3-8H,2H2,1H3,(H3,17,18,19). The number of halogens is 1. The maximum atomic E-state index is 5.97. The van der Waals surface area contributed by atoms with E-state index in [0.717, 1.165) is 34.8 Å². The smallest absolute Gasteiger partial charge is 0.153 e. The number of nitrogens with one attached hydrogen (secondary N) is 1. The molecule has 0 aliphatic heterocycles. The van der Waals surface area contributed by atoms with Crippen LogP contribution in [0.25, 0.3) is 22.6 Å². The monoisotopic (exact) mass is 287 g/mol. The Labute approximate surface area is 121 Å². The van der Waals surface area contributed by atoms with E-state index in [2.05, 4.69) is 10.2 Å². The lowest BCUT2D eigenvalue weighted by atomic mass is 10.0. The number of aromatic nitrogens is 2. The second-order valence-electron chi connectivity index (χ2n) is 4.49. The van der Waals surface area contributed by atoms with Crippen molar-refractivity contribution in [2.24, 2.45) is 0 Å². The number of anilines is 1. The maximum absolute atomic E-state index is 5.97. The highest BCUT2D eigenvalue weighted by atomic mass is 35.5. The summed E-state index contributed by atoms with van der Waals surface area (Å²) in [6.07, 6.45) is 0.847. The number of hydrogen-bond acceptors (Lipinski definition) is 3. The van der Waals surface area contributed by atoms with Gasteiger partial charge in [-0.3, -0.25) is 5.10 Å². The molecule has 20 heavy (non-hydrogen) atoms. The molecule has 1 aromatic carbocycles. The fraction of sp³-hybridized carbons (Fsp3) is 0.133. The lowest BCUT2D eigenvalue weighted by Gasteiger charge is -2.03. The number of nitrogen functional groups attached to an aromatic ring is 1. The van der Waals surface area contributed by atoms with E-state index in [0.29, 0.717) is 10.8 Å². The number of hydrogen-bond donors (Lipinski definition) is 2. The zero-order valence-corrected chi connectivity index (χ0v) is 11.7. The van der Waals surface area contributed by atoms with Crippen molar-refractivity contribution in [1.82, 2.24) is 10.2 Å². The van der Waals surface area contributed by atoms with Crippen molar-refractivity contribution >= 4 is 17.4 Å². The Bertz CT molecular complexity index is 728. The number of furan rings is 1. The maximum Gasteiger partial charge on any atom is 0.153 e. The predicted molar refractivity (Wildman–Crippen MR) is 80.5 cm³/mol. The third-order valence-electron chi connectivity index (χ3n) is 3.18. The molecule has 0 aliphatic rings. The van der Waals surface area contributed by atoms with E-state index in [9.17, 15) is 0 Å². The average Bonchev–Trinajstić information content (AvgIpc) is 3.06. The van der Waals surface area contributed by atoms with E-state index < -0.39 is 0 Å². The van der Waals surface area contributed by atoms with Crippen molar-refractivity contribution < 1.29 is 4.42 Å². The van der Waals surface area contributed by atoms with E-state index in [1.165, 1.54) is 0 Å². The Morgan fingerprint density at radius 1 is 1.20 bits per heavy atom. The highest BCUT2D eigenvalue weighted by Crippen LogP contribution is 2.35. The summed E-state index contributed by atoms with van der Waals surface area (Å²) in [6, 6.07) is 11.4. The van der Waals surface area contributed by atoms with Gasteiger partial charge in [-0.1, -0.05) is 30.7 Å². The Hall–Kier alpha value is -2.20. The van der Waals surface area contributed by atoms with Gasteiger partial charge in [-0.15, -0.1) is 0 Å². The molecule has 0 atom stereocenters. The molecular formula is C15H14ClN3O. The first-order valence-corrected chi connectivity index (χ1v) is 6.75. The molecule has 2 aromatic heterocycles. The second-order valence-corrected chi connectivity index (χ2v) is 4.92. The molecule has 0 spiro atoms. The van der Waals surface area contributed by atoms with Crippen LogP contribution in [0.3, 0.4) is 0 Å². The molecule has 3 rings (SSSR count). The molecule has 5 heteroatoms. The number of benzene rings is 1. The summed E-state index contributed by atoms with van der Waals surface area (Å²) in [5, 5.41) is 7.71. The summed E-state index contributed by atoms with van der Waals surface area (Å²) < 4.78 is 5.77. The molecule has 0 saturated heterocycles. The third-order valence-corrected chi connectivity index (χ3v) is 3.44. The predicted octanol–water partition coefficient (Wildman–Crippen LogP) is 4.13. The quantitative estimate of drug-likeness (QED) is 0.761. The van der Waals surface area contributed by atoms with Crippen LogP contribution in [0.4, 0.5) is 5.82 Å². The van der Waals surface area contributed by atoms with Gasteiger partial charge >= 0.3 is 0 Å². The number of nitrogens with two attached hydrogens (primary N) is 1. The van der Waals surface area contributed by atoms with Crippen molar-refractivity contribution in [1.29, 1.82) is 0 Å². The Kier molecular flexibility index (Phi) is 3.24. The van der Waals surface area contributed by atoms with E-state index in [1.807, 2.05) is 43.3 Å². The molecule has 3 N–H and O–H groups in total. The number of aryl methyl sites for hydroxylation is 1. The summed E-state index contributed by atoms with van der Waals surface area (Å²) in [7, 11) is 0. The first-order valence-electron chi connectivity index (χ1n) is 6.38. The van der Waals surface area contributed by atoms with Gasteiger partial charge in [-0.2, -0.15) is 5.10 Å². The van der Waals surface area contributed by atoms with Crippen molar-refractivity contribution in [3.8, 4) is 22.6 Å². The molecule has 4 nitrogen and oxygen atoms in total. The highest BCUT2D eigenvalue weighted by molar-refractivity contribution is 6.30. The van der Waals surface area contributed by atoms with Gasteiger partial charge in [-0.05, 0) is 29.8 Å². The SMILES string of the molecule is CCc1ccc(-c2[nH]nc(N)c2-c2ccc(Cl)cc2)o1. The van der Waals surface area contributed by atoms with E-state index in [-0.39, 0.29) is 0 Å². The summed E-state index contributed by atoms with van der Waals surface area (Å²) in [4.78, 5) is 0. The Morgan fingerprint density at radius 2 is 1.95 bits per heavy atom. The van der Waals surface area contributed by atoms with Crippen molar-refractivity contribution in [2.75, 3.05) is 5.73 Å². The van der Waals surface area contributed by atoms with Crippen LogP contribution in [0.2, 0.25) is 5.02 Å². The first kappa shape index (κ1) is 12.8. The highest BCUT2D eigenvalue weighted by Gasteiger charge is 2.17. The summed E-state index contributed by atoms with van der Waals surface area (Å²) in [5.74, 6) is 2.10.